The van der Waals surface area contributed by atoms with E-state index in [1.54, 1.807) is 12.1 Å². The molecule has 0 heterocycles. The molecule has 104 valence electrons. The maximum Gasteiger partial charge on any atom is 0.223 e. The number of carbonyl (C=O) groups is 1. The standard InChI is InChI=1S/C14H18FNO3/c15-11-3-1-4-12(9-11)19-8-5-13(18)16-14(10-17)6-2-7-14/h1,3-4,9,17H,2,5-8,10H2,(H,16,18). The van der Waals surface area contributed by atoms with Crippen LogP contribution in [-0.2, 0) is 4.79 Å². The van der Waals surface area contributed by atoms with Gasteiger partial charge >= 0.3 is 0 Å². The number of hydrogen-bond donors (Lipinski definition) is 2. The second kappa shape index (κ2) is 6.02. The van der Waals surface area contributed by atoms with Gasteiger partial charge in [-0.2, -0.15) is 0 Å². The summed E-state index contributed by atoms with van der Waals surface area (Å²) in [5.41, 5.74) is -0.421. The first-order valence-corrected chi connectivity index (χ1v) is 6.44. The average molecular weight is 267 g/mol. The molecule has 19 heavy (non-hydrogen) atoms. The van der Waals surface area contributed by atoms with Crippen LogP contribution >= 0.6 is 0 Å². The Labute approximate surface area is 111 Å². The van der Waals surface area contributed by atoms with Crippen molar-refractivity contribution in [2.24, 2.45) is 0 Å². The molecule has 1 amide bonds. The van der Waals surface area contributed by atoms with Crippen LogP contribution in [0.1, 0.15) is 25.7 Å². The molecule has 4 nitrogen and oxygen atoms in total. The average Bonchev–Trinajstić information content (AvgIpc) is 2.34. The Hall–Kier alpha value is -1.62. The summed E-state index contributed by atoms with van der Waals surface area (Å²) in [6.45, 7) is 0.167. The number of halogens is 1. The van der Waals surface area contributed by atoms with Crippen molar-refractivity contribution in [1.82, 2.24) is 5.32 Å². The van der Waals surface area contributed by atoms with Crippen molar-refractivity contribution >= 4 is 5.91 Å². The Morgan fingerprint density at radius 1 is 1.47 bits per heavy atom. The molecule has 0 bridgehead atoms. The van der Waals surface area contributed by atoms with Gasteiger partial charge in [-0.15, -0.1) is 0 Å². The molecule has 1 saturated carbocycles. The molecule has 0 atom stereocenters. The van der Waals surface area contributed by atoms with E-state index in [-0.39, 0.29) is 31.4 Å². The van der Waals surface area contributed by atoms with Crippen molar-refractivity contribution in [1.29, 1.82) is 0 Å². The molecule has 1 aromatic carbocycles. The number of nitrogens with one attached hydrogen (secondary N) is 1. The Bertz CT molecular complexity index is 441. The molecule has 0 radical (unpaired) electrons. The fourth-order valence-electron chi connectivity index (χ4n) is 2.10. The molecular weight excluding hydrogens is 249 g/mol. The summed E-state index contributed by atoms with van der Waals surface area (Å²) in [7, 11) is 0. The number of rotatable bonds is 6. The molecule has 1 fully saturated rings. The van der Waals surface area contributed by atoms with E-state index in [2.05, 4.69) is 5.32 Å². The molecule has 0 spiro atoms. The Kier molecular flexibility index (Phi) is 4.37. The number of aliphatic hydroxyl groups excluding tert-OH is 1. The van der Waals surface area contributed by atoms with Crippen LogP contribution in [0.25, 0.3) is 0 Å². The van der Waals surface area contributed by atoms with Gasteiger partial charge in [-0.25, -0.2) is 4.39 Å². The van der Waals surface area contributed by atoms with Crippen LogP contribution in [0.2, 0.25) is 0 Å². The van der Waals surface area contributed by atoms with Gasteiger partial charge in [0.15, 0.2) is 0 Å². The predicted molar refractivity (Wildman–Crippen MR) is 68.3 cm³/mol. The minimum Gasteiger partial charge on any atom is -0.493 e. The first kappa shape index (κ1) is 13.8. The van der Waals surface area contributed by atoms with Crippen LogP contribution in [0.5, 0.6) is 5.75 Å². The summed E-state index contributed by atoms with van der Waals surface area (Å²) in [4.78, 5) is 11.7. The number of aliphatic hydroxyl groups is 1. The van der Waals surface area contributed by atoms with Crippen LogP contribution in [0, 0.1) is 5.82 Å². The Balaban J connectivity index is 1.72. The zero-order valence-corrected chi connectivity index (χ0v) is 10.7. The highest BCUT2D eigenvalue weighted by molar-refractivity contribution is 5.77. The van der Waals surface area contributed by atoms with E-state index < -0.39 is 5.54 Å². The zero-order chi connectivity index (χ0) is 13.7. The van der Waals surface area contributed by atoms with Gasteiger partial charge in [0.25, 0.3) is 0 Å². The predicted octanol–water partition coefficient (Wildman–Crippen LogP) is 1.63. The van der Waals surface area contributed by atoms with E-state index in [1.165, 1.54) is 12.1 Å². The van der Waals surface area contributed by atoms with Gasteiger partial charge in [0.1, 0.15) is 11.6 Å². The van der Waals surface area contributed by atoms with Crippen molar-refractivity contribution in [2.45, 2.75) is 31.2 Å². The summed E-state index contributed by atoms with van der Waals surface area (Å²) in [6, 6.07) is 5.81. The lowest BCUT2D eigenvalue weighted by Gasteiger charge is -2.40. The summed E-state index contributed by atoms with van der Waals surface area (Å²) in [5.74, 6) is -0.103. The van der Waals surface area contributed by atoms with Crippen LogP contribution in [0.4, 0.5) is 4.39 Å². The largest absolute Gasteiger partial charge is 0.493 e. The van der Waals surface area contributed by atoms with Crippen LogP contribution in [0.15, 0.2) is 24.3 Å². The third kappa shape index (κ3) is 3.67. The lowest BCUT2D eigenvalue weighted by molar-refractivity contribution is -0.125. The number of hydrogen-bond acceptors (Lipinski definition) is 3. The molecule has 0 unspecified atom stereocenters. The van der Waals surface area contributed by atoms with E-state index in [0.29, 0.717) is 5.75 Å². The molecule has 0 aromatic heterocycles. The van der Waals surface area contributed by atoms with Crippen LogP contribution in [0.3, 0.4) is 0 Å². The maximum absolute atomic E-state index is 12.9. The van der Waals surface area contributed by atoms with E-state index in [4.69, 9.17) is 4.74 Å². The van der Waals surface area contributed by atoms with Gasteiger partial charge in [0, 0.05) is 6.07 Å². The first-order chi connectivity index (χ1) is 9.13. The fraction of sp³-hybridized carbons (Fsp3) is 0.500. The van der Waals surface area contributed by atoms with E-state index in [0.717, 1.165) is 19.3 Å². The lowest BCUT2D eigenvalue weighted by Crippen LogP contribution is -2.56. The Morgan fingerprint density at radius 2 is 2.26 bits per heavy atom. The zero-order valence-electron chi connectivity index (χ0n) is 10.7. The number of benzene rings is 1. The molecule has 0 aliphatic heterocycles. The van der Waals surface area contributed by atoms with Crippen molar-refractivity contribution in [3.05, 3.63) is 30.1 Å². The molecule has 2 N–H and O–H groups in total. The van der Waals surface area contributed by atoms with Crippen molar-refractivity contribution < 1.29 is 19.0 Å². The van der Waals surface area contributed by atoms with Crippen molar-refractivity contribution in [3.63, 3.8) is 0 Å². The van der Waals surface area contributed by atoms with E-state index in [1.807, 2.05) is 0 Å². The van der Waals surface area contributed by atoms with Gasteiger partial charge in [-0.3, -0.25) is 4.79 Å². The van der Waals surface area contributed by atoms with E-state index in [9.17, 15) is 14.3 Å². The second-order valence-corrected chi connectivity index (χ2v) is 4.90. The van der Waals surface area contributed by atoms with Gasteiger partial charge in [-0.1, -0.05) is 6.07 Å². The highest BCUT2D eigenvalue weighted by Crippen LogP contribution is 2.31. The molecule has 0 saturated heterocycles. The van der Waals surface area contributed by atoms with Crippen LogP contribution in [-0.4, -0.2) is 29.8 Å². The van der Waals surface area contributed by atoms with E-state index >= 15 is 0 Å². The van der Waals surface area contributed by atoms with Gasteiger partial charge in [0.2, 0.25) is 5.91 Å². The summed E-state index contributed by atoms with van der Waals surface area (Å²) in [6.07, 6.45) is 2.86. The third-order valence-corrected chi connectivity index (χ3v) is 3.41. The summed E-state index contributed by atoms with van der Waals surface area (Å²) >= 11 is 0. The van der Waals surface area contributed by atoms with Gasteiger partial charge in [0.05, 0.1) is 25.2 Å². The highest BCUT2D eigenvalue weighted by atomic mass is 19.1. The number of amides is 1. The first-order valence-electron chi connectivity index (χ1n) is 6.44. The fourth-order valence-corrected chi connectivity index (χ4v) is 2.10. The number of carbonyl (C=O) groups excluding carboxylic acids is 1. The van der Waals surface area contributed by atoms with Gasteiger partial charge < -0.3 is 15.2 Å². The summed E-state index contributed by atoms with van der Waals surface area (Å²) in [5, 5.41) is 12.1. The second-order valence-electron chi connectivity index (χ2n) is 4.90. The topological polar surface area (TPSA) is 58.6 Å². The smallest absolute Gasteiger partial charge is 0.223 e. The molecule has 1 aliphatic carbocycles. The Morgan fingerprint density at radius 3 is 2.84 bits per heavy atom. The molecule has 1 aliphatic rings. The molecule has 5 heteroatoms. The minimum absolute atomic E-state index is 0.0243. The SMILES string of the molecule is O=C(CCOc1cccc(F)c1)NC1(CO)CCC1. The molecule has 2 rings (SSSR count). The summed E-state index contributed by atoms with van der Waals surface area (Å²) < 4.78 is 18.2. The molecule has 1 aromatic rings. The normalized spacial score (nSPS) is 16.5. The minimum atomic E-state index is -0.421. The third-order valence-electron chi connectivity index (χ3n) is 3.41. The number of ether oxygens (including phenoxy) is 1. The van der Waals surface area contributed by atoms with Crippen LogP contribution < -0.4 is 10.1 Å². The molecular formula is C14H18FNO3. The quantitative estimate of drug-likeness (QED) is 0.823. The lowest BCUT2D eigenvalue weighted by atomic mass is 9.77. The van der Waals surface area contributed by atoms with Crippen molar-refractivity contribution in [3.8, 4) is 5.75 Å². The monoisotopic (exact) mass is 267 g/mol. The van der Waals surface area contributed by atoms with Gasteiger partial charge in [-0.05, 0) is 31.4 Å². The maximum atomic E-state index is 12.9. The van der Waals surface area contributed by atoms with Crippen molar-refractivity contribution in [2.75, 3.05) is 13.2 Å². The highest BCUT2D eigenvalue weighted by Gasteiger charge is 2.37.